The number of carbonyl (C=O) groups is 2. The number of nitrogens with zero attached hydrogens (tertiary/aromatic N) is 1. The highest BCUT2D eigenvalue weighted by Crippen LogP contribution is 2.32. The zero-order valence-electron chi connectivity index (χ0n) is 18.5. The smallest absolute Gasteiger partial charge is 0.344 e. The molecule has 0 bridgehead atoms. The van der Waals surface area contributed by atoms with Crippen molar-refractivity contribution in [1.29, 1.82) is 0 Å². The van der Waals surface area contributed by atoms with Crippen molar-refractivity contribution in [2.75, 3.05) is 26.6 Å². The minimum absolute atomic E-state index is 0.203. The van der Waals surface area contributed by atoms with Crippen molar-refractivity contribution in [3.63, 3.8) is 0 Å². The summed E-state index contributed by atoms with van der Waals surface area (Å²) in [7, 11) is 0. The predicted molar refractivity (Wildman–Crippen MR) is 115 cm³/mol. The molecule has 0 aliphatic carbocycles. The van der Waals surface area contributed by atoms with Gasteiger partial charge in [0, 0.05) is 13.1 Å². The fourth-order valence-electron chi connectivity index (χ4n) is 3.44. The number of fused-ring (bicyclic) bond motifs is 1. The highest BCUT2D eigenvalue weighted by molar-refractivity contribution is 5.81. The Kier molecular flexibility index (Phi) is 7.39. The lowest BCUT2D eigenvalue weighted by Gasteiger charge is -2.21. The number of esters is 1. The lowest BCUT2D eigenvalue weighted by atomic mass is 9.98. The second-order valence-electron chi connectivity index (χ2n) is 7.72. The van der Waals surface area contributed by atoms with Gasteiger partial charge in [-0.3, -0.25) is 4.79 Å². The van der Waals surface area contributed by atoms with Gasteiger partial charge in [0.1, 0.15) is 5.75 Å². The third kappa shape index (κ3) is 5.90. The summed E-state index contributed by atoms with van der Waals surface area (Å²) in [5, 5.41) is 0. The van der Waals surface area contributed by atoms with Crippen LogP contribution in [0, 0.1) is 6.92 Å². The van der Waals surface area contributed by atoms with E-state index in [-0.39, 0.29) is 25.9 Å². The molecule has 1 aliphatic heterocycles. The van der Waals surface area contributed by atoms with Crippen LogP contribution in [0.25, 0.3) is 0 Å². The Hall–Kier alpha value is -3.22. The fraction of sp³-hybridized carbons (Fsp3) is 0.417. The average Bonchev–Trinajstić information content (AvgIpc) is 3.22. The molecule has 31 heavy (non-hydrogen) atoms. The molecule has 166 valence electrons. The molecule has 1 amide bonds. The van der Waals surface area contributed by atoms with Gasteiger partial charge < -0.3 is 23.8 Å². The van der Waals surface area contributed by atoms with Crippen LogP contribution in [-0.4, -0.2) is 43.3 Å². The van der Waals surface area contributed by atoms with Crippen molar-refractivity contribution < 1.29 is 28.5 Å². The van der Waals surface area contributed by atoms with E-state index < -0.39 is 5.97 Å². The number of ether oxygens (including phenoxy) is 4. The van der Waals surface area contributed by atoms with Gasteiger partial charge in [-0.1, -0.05) is 26.0 Å². The first-order valence-corrected chi connectivity index (χ1v) is 10.4. The fourth-order valence-corrected chi connectivity index (χ4v) is 3.44. The predicted octanol–water partition coefficient (Wildman–Crippen LogP) is 3.82. The number of hydrogen-bond acceptors (Lipinski definition) is 6. The summed E-state index contributed by atoms with van der Waals surface area (Å²) in [5.74, 6) is 1.53. The van der Waals surface area contributed by atoms with E-state index in [4.69, 9.17) is 18.9 Å². The molecule has 0 radical (unpaired) electrons. The molecule has 0 fully saturated rings. The minimum Gasteiger partial charge on any atom is -0.482 e. The standard InChI is InChI=1S/C24H29NO6/c1-5-25(12-18-6-9-21-22(11-18)31-15-30-21)23(26)13-29-24(27)14-28-19-7-8-20(16(2)3)17(4)10-19/h6-11,16H,5,12-15H2,1-4H3. The summed E-state index contributed by atoms with van der Waals surface area (Å²) in [6.07, 6.45) is 0. The second-order valence-corrected chi connectivity index (χ2v) is 7.72. The number of likely N-dealkylation sites (N-methyl/N-ethyl adjacent to an activating group) is 1. The monoisotopic (exact) mass is 427 g/mol. The molecular weight excluding hydrogens is 398 g/mol. The normalized spacial score (nSPS) is 12.0. The zero-order valence-corrected chi connectivity index (χ0v) is 18.5. The first kappa shape index (κ1) is 22.5. The molecule has 7 heteroatoms. The van der Waals surface area contributed by atoms with E-state index in [1.165, 1.54) is 5.56 Å². The van der Waals surface area contributed by atoms with Crippen LogP contribution in [0.4, 0.5) is 0 Å². The molecule has 3 rings (SSSR count). The Morgan fingerprint density at radius 1 is 1.06 bits per heavy atom. The largest absolute Gasteiger partial charge is 0.482 e. The highest BCUT2D eigenvalue weighted by atomic mass is 16.7. The third-order valence-electron chi connectivity index (χ3n) is 5.12. The van der Waals surface area contributed by atoms with E-state index in [0.29, 0.717) is 36.3 Å². The second kappa shape index (κ2) is 10.2. The Balaban J connectivity index is 1.46. The van der Waals surface area contributed by atoms with Gasteiger partial charge in [0.05, 0.1) is 0 Å². The lowest BCUT2D eigenvalue weighted by molar-refractivity contribution is -0.153. The number of amides is 1. The highest BCUT2D eigenvalue weighted by Gasteiger charge is 2.18. The van der Waals surface area contributed by atoms with Crippen LogP contribution >= 0.6 is 0 Å². The summed E-state index contributed by atoms with van der Waals surface area (Å²) < 4.78 is 21.3. The maximum atomic E-state index is 12.5. The number of hydrogen-bond donors (Lipinski definition) is 0. The molecule has 7 nitrogen and oxygen atoms in total. The SMILES string of the molecule is CCN(Cc1ccc2c(c1)OCO2)C(=O)COC(=O)COc1ccc(C(C)C)c(C)c1. The van der Waals surface area contributed by atoms with E-state index in [2.05, 4.69) is 13.8 Å². The Labute approximate surface area is 182 Å². The molecule has 2 aromatic carbocycles. The minimum atomic E-state index is -0.585. The quantitative estimate of drug-likeness (QED) is 0.567. The lowest BCUT2D eigenvalue weighted by Crippen LogP contribution is -2.34. The summed E-state index contributed by atoms with van der Waals surface area (Å²) in [6.45, 7) is 8.65. The molecule has 1 aliphatic rings. The number of aryl methyl sites for hydroxylation is 1. The third-order valence-corrected chi connectivity index (χ3v) is 5.12. The van der Waals surface area contributed by atoms with Crippen molar-refractivity contribution in [2.24, 2.45) is 0 Å². The van der Waals surface area contributed by atoms with Crippen molar-refractivity contribution >= 4 is 11.9 Å². The molecule has 0 N–H and O–H groups in total. The molecule has 0 aromatic heterocycles. The van der Waals surface area contributed by atoms with E-state index in [0.717, 1.165) is 11.1 Å². The molecule has 0 unspecified atom stereocenters. The van der Waals surface area contributed by atoms with Gasteiger partial charge in [-0.25, -0.2) is 4.79 Å². The summed E-state index contributed by atoms with van der Waals surface area (Å²) in [4.78, 5) is 26.1. The van der Waals surface area contributed by atoms with E-state index in [1.54, 1.807) is 4.90 Å². The average molecular weight is 427 g/mol. The van der Waals surface area contributed by atoms with Crippen molar-refractivity contribution in [2.45, 2.75) is 40.2 Å². The van der Waals surface area contributed by atoms with E-state index in [9.17, 15) is 9.59 Å². The van der Waals surface area contributed by atoms with Crippen LogP contribution in [0.1, 0.15) is 43.4 Å². The van der Waals surface area contributed by atoms with Crippen molar-refractivity contribution in [3.05, 3.63) is 53.1 Å². The zero-order chi connectivity index (χ0) is 22.4. The van der Waals surface area contributed by atoms with Crippen LogP contribution in [0.5, 0.6) is 17.2 Å². The van der Waals surface area contributed by atoms with Crippen LogP contribution in [0.3, 0.4) is 0 Å². The van der Waals surface area contributed by atoms with Crippen LogP contribution < -0.4 is 14.2 Å². The van der Waals surface area contributed by atoms with Gasteiger partial charge in [-0.15, -0.1) is 0 Å². The van der Waals surface area contributed by atoms with Gasteiger partial charge in [-0.05, 0) is 60.7 Å². The van der Waals surface area contributed by atoms with Crippen LogP contribution in [0.2, 0.25) is 0 Å². The Morgan fingerprint density at radius 3 is 2.55 bits per heavy atom. The maximum Gasteiger partial charge on any atom is 0.344 e. The molecule has 2 aromatic rings. The molecule has 1 heterocycles. The first-order valence-electron chi connectivity index (χ1n) is 10.4. The Morgan fingerprint density at radius 2 is 1.84 bits per heavy atom. The summed E-state index contributed by atoms with van der Waals surface area (Å²) in [6, 6.07) is 11.3. The van der Waals surface area contributed by atoms with Gasteiger partial charge in [-0.2, -0.15) is 0 Å². The molecule has 0 saturated carbocycles. The van der Waals surface area contributed by atoms with Crippen LogP contribution in [-0.2, 0) is 20.9 Å². The van der Waals surface area contributed by atoms with Gasteiger partial charge >= 0.3 is 5.97 Å². The van der Waals surface area contributed by atoms with Crippen molar-refractivity contribution in [3.8, 4) is 17.2 Å². The van der Waals surface area contributed by atoms with Gasteiger partial charge in [0.25, 0.3) is 5.91 Å². The Bertz CT molecular complexity index is 940. The molecule has 0 saturated heterocycles. The summed E-state index contributed by atoms with van der Waals surface area (Å²) >= 11 is 0. The first-order chi connectivity index (χ1) is 14.9. The van der Waals surface area contributed by atoms with E-state index in [1.807, 2.05) is 50.2 Å². The van der Waals surface area contributed by atoms with Crippen LogP contribution in [0.15, 0.2) is 36.4 Å². The summed E-state index contributed by atoms with van der Waals surface area (Å²) in [5.41, 5.74) is 3.26. The van der Waals surface area contributed by atoms with Gasteiger partial charge in [0.2, 0.25) is 6.79 Å². The van der Waals surface area contributed by atoms with E-state index >= 15 is 0 Å². The van der Waals surface area contributed by atoms with Gasteiger partial charge in [0.15, 0.2) is 24.7 Å². The molecular formula is C24H29NO6. The number of rotatable bonds is 9. The topological polar surface area (TPSA) is 74.3 Å². The van der Waals surface area contributed by atoms with Crippen molar-refractivity contribution in [1.82, 2.24) is 4.90 Å². The molecule has 0 atom stereocenters. The molecule has 0 spiro atoms. The number of carbonyl (C=O) groups excluding carboxylic acids is 2. The number of benzene rings is 2. The maximum absolute atomic E-state index is 12.5.